The summed E-state index contributed by atoms with van der Waals surface area (Å²) in [5.41, 5.74) is 3.48. The fourth-order valence-electron chi connectivity index (χ4n) is 1.82. The van der Waals surface area contributed by atoms with Gasteiger partial charge in [0, 0.05) is 7.05 Å². The van der Waals surface area contributed by atoms with E-state index in [2.05, 4.69) is 35.4 Å². The van der Waals surface area contributed by atoms with Crippen molar-refractivity contribution in [2.45, 2.75) is 32.6 Å². The van der Waals surface area contributed by atoms with Crippen LogP contribution < -0.4 is 0 Å². The zero-order valence-corrected chi connectivity index (χ0v) is 9.40. The highest BCUT2D eigenvalue weighted by atomic mass is 15.4. The molecule has 0 bridgehead atoms. The first-order valence-electron chi connectivity index (χ1n) is 5.59. The molecule has 1 aromatic heterocycles. The number of benzene rings is 1. The standard InChI is InChI=1S/C12H17N3/c1-3-4-5-6-10-7-8-12-11(9-10)13-14-15(12)2/h7-9H,3-6H2,1-2H3. The monoisotopic (exact) mass is 203 g/mol. The Kier molecular flexibility index (Phi) is 2.99. The van der Waals surface area contributed by atoms with Gasteiger partial charge in [0.1, 0.15) is 5.52 Å². The topological polar surface area (TPSA) is 30.7 Å². The average molecular weight is 203 g/mol. The normalized spacial score (nSPS) is 11.1. The number of rotatable bonds is 4. The van der Waals surface area contributed by atoms with Crippen LogP contribution in [0.15, 0.2) is 18.2 Å². The van der Waals surface area contributed by atoms with Crippen molar-refractivity contribution in [3.63, 3.8) is 0 Å². The second-order valence-corrected chi connectivity index (χ2v) is 3.99. The SMILES string of the molecule is CCCCCc1ccc2c(c1)nnn2C. The third kappa shape index (κ3) is 2.17. The van der Waals surface area contributed by atoms with Crippen molar-refractivity contribution < 1.29 is 0 Å². The molecule has 0 radical (unpaired) electrons. The Balaban J connectivity index is 2.16. The van der Waals surface area contributed by atoms with Crippen molar-refractivity contribution in [3.05, 3.63) is 23.8 Å². The Morgan fingerprint density at radius 1 is 1.27 bits per heavy atom. The van der Waals surface area contributed by atoms with Gasteiger partial charge in [0.15, 0.2) is 0 Å². The number of hydrogen-bond donors (Lipinski definition) is 0. The van der Waals surface area contributed by atoms with Crippen LogP contribution in [0.4, 0.5) is 0 Å². The fourth-order valence-corrected chi connectivity index (χ4v) is 1.82. The molecule has 0 aliphatic rings. The van der Waals surface area contributed by atoms with Gasteiger partial charge in [-0.05, 0) is 30.5 Å². The zero-order valence-electron chi connectivity index (χ0n) is 9.40. The fraction of sp³-hybridized carbons (Fsp3) is 0.500. The van der Waals surface area contributed by atoms with E-state index in [9.17, 15) is 0 Å². The minimum absolute atomic E-state index is 1.01. The summed E-state index contributed by atoms with van der Waals surface area (Å²) in [6.45, 7) is 2.23. The summed E-state index contributed by atoms with van der Waals surface area (Å²) < 4.78 is 1.81. The van der Waals surface area contributed by atoms with E-state index in [1.54, 1.807) is 0 Å². The molecule has 0 N–H and O–H groups in total. The lowest BCUT2D eigenvalue weighted by Crippen LogP contribution is -1.89. The summed E-state index contributed by atoms with van der Waals surface area (Å²) >= 11 is 0. The van der Waals surface area contributed by atoms with E-state index >= 15 is 0 Å². The Labute approximate surface area is 90.1 Å². The Bertz CT molecular complexity index is 445. The van der Waals surface area contributed by atoms with Crippen molar-refractivity contribution >= 4 is 11.0 Å². The Morgan fingerprint density at radius 3 is 2.93 bits per heavy atom. The van der Waals surface area contributed by atoms with Crippen molar-refractivity contribution in [1.82, 2.24) is 15.0 Å². The summed E-state index contributed by atoms with van der Waals surface area (Å²) in [7, 11) is 1.92. The predicted molar refractivity (Wildman–Crippen MR) is 61.7 cm³/mol. The lowest BCUT2D eigenvalue weighted by molar-refractivity contribution is 0.718. The van der Waals surface area contributed by atoms with Crippen molar-refractivity contribution in [2.24, 2.45) is 7.05 Å². The Morgan fingerprint density at radius 2 is 2.13 bits per heavy atom. The molecule has 2 rings (SSSR count). The number of aryl methyl sites for hydroxylation is 2. The Hall–Kier alpha value is -1.38. The number of nitrogens with zero attached hydrogens (tertiary/aromatic N) is 3. The van der Waals surface area contributed by atoms with E-state index in [-0.39, 0.29) is 0 Å². The van der Waals surface area contributed by atoms with Crippen LogP contribution in [0.2, 0.25) is 0 Å². The quantitative estimate of drug-likeness (QED) is 0.715. The van der Waals surface area contributed by atoms with Gasteiger partial charge in [0.2, 0.25) is 0 Å². The predicted octanol–water partition coefficient (Wildman–Crippen LogP) is 2.70. The van der Waals surface area contributed by atoms with E-state index in [1.807, 2.05) is 11.7 Å². The van der Waals surface area contributed by atoms with Crippen molar-refractivity contribution in [2.75, 3.05) is 0 Å². The van der Waals surface area contributed by atoms with Gasteiger partial charge in [-0.15, -0.1) is 5.10 Å². The van der Waals surface area contributed by atoms with Crippen molar-refractivity contribution in [1.29, 1.82) is 0 Å². The molecular weight excluding hydrogens is 186 g/mol. The summed E-state index contributed by atoms with van der Waals surface area (Å²) in [6.07, 6.45) is 4.99. The number of unbranched alkanes of at least 4 members (excludes halogenated alkanes) is 2. The highest BCUT2D eigenvalue weighted by Crippen LogP contribution is 2.14. The van der Waals surface area contributed by atoms with Gasteiger partial charge < -0.3 is 0 Å². The lowest BCUT2D eigenvalue weighted by atomic mass is 10.1. The molecule has 0 spiro atoms. The zero-order chi connectivity index (χ0) is 10.7. The molecule has 3 heteroatoms. The molecule has 0 saturated heterocycles. The summed E-state index contributed by atoms with van der Waals surface area (Å²) in [5.74, 6) is 0. The molecule has 15 heavy (non-hydrogen) atoms. The van der Waals surface area contributed by atoms with Crippen LogP contribution in [0.5, 0.6) is 0 Å². The highest BCUT2D eigenvalue weighted by Gasteiger charge is 2.01. The van der Waals surface area contributed by atoms with Crippen LogP contribution in [0, 0.1) is 0 Å². The number of hydrogen-bond acceptors (Lipinski definition) is 2. The van der Waals surface area contributed by atoms with Gasteiger partial charge in [-0.3, -0.25) is 0 Å². The maximum absolute atomic E-state index is 4.12. The summed E-state index contributed by atoms with van der Waals surface area (Å²) in [6, 6.07) is 6.44. The first-order chi connectivity index (χ1) is 7.31. The second kappa shape index (κ2) is 4.43. The van der Waals surface area contributed by atoms with Crippen LogP contribution in [0.1, 0.15) is 31.7 Å². The molecule has 0 amide bonds. The molecule has 0 aliphatic heterocycles. The molecule has 0 aliphatic carbocycles. The molecular formula is C12H17N3. The molecule has 0 fully saturated rings. The molecule has 0 saturated carbocycles. The summed E-state index contributed by atoms with van der Waals surface area (Å²) in [5, 5.41) is 8.12. The van der Waals surface area contributed by atoms with E-state index in [1.165, 1.54) is 24.8 Å². The van der Waals surface area contributed by atoms with Gasteiger partial charge in [-0.25, -0.2) is 4.68 Å². The van der Waals surface area contributed by atoms with E-state index < -0.39 is 0 Å². The molecule has 1 aromatic carbocycles. The molecule has 2 aromatic rings. The maximum atomic E-state index is 4.12. The van der Waals surface area contributed by atoms with Gasteiger partial charge >= 0.3 is 0 Å². The van der Waals surface area contributed by atoms with Crippen LogP contribution >= 0.6 is 0 Å². The minimum atomic E-state index is 1.01. The minimum Gasteiger partial charge on any atom is -0.248 e. The van der Waals surface area contributed by atoms with Gasteiger partial charge in [0.25, 0.3) is 0 Å². The van der Waals surface area contributed by atoms with Crippen molar-refractivity contribution in [3.8, 4) is 0 Å². The lowest BCUT2D eigenvalue weighted by Gasteiger charge is -2.00. The van der Waals surface area contributed by atoms with E-state index in [0.29, 0.717) is 0 Å². The maximum Gasteiger partial charge on any atom is 0.113 e. The first kappa shape index (κ1) is 10.1. The molecule has 80 valence electrons. The smallest absolute Gasteiger partial charge is 0.113 e. The van der Waals surface area contributed by atoms with Crippen LogP contribution in [0.3, 0.4) is 0 Å². The van der Waals surface area contributed by atoms with Gasteiger partial charge in [0.05, 0.1) is 5.52 Å². The average Bonchev–Trinajstić information content (AvgIpc) is 2.61. The molecule has 1 heterocycles. The summed E-state index contributed by atoms with van der Waals surface area (Å²) in [4.78, 5) is 0. The molecule has 3 nitrogen and oxygen atoms in total. The van der Waals surface area contributed by atoms with Crippen LogP contribution in [0.25, 0.3) is 11.0 Å². The molecule has 0 atom stereocenters. The first-order valence-corrected chi connectivity index (χ1v) is 5.59. The van der Waals surface area contributed by atoms with Crippen LogP contribution in [-0.2, 0) is 13.5 Å². The third-order valence-corrected chi connectivity index (χ3v) is 2.74. The molecule has 0 unspecified atom stereocenters. The van der Waals surface area contributed by atoms with Gasteiger partial charge in [-0.2, -0.15) is 0 Å². The number of aromatic nitrogens is 3. The van der Waals surface area contributed by atoms with Gasteiger partial charge in [-0.1, -0.05) is 31.0 Å². The number of fused-ring (bicyclic) bond motifs is 1. The third-order valence-electron chi connectivity index (χ3n) is 2.74. The van der Waals surface area contributed by atoms with E-state index in [4.69, 9.17) is 0 Å². The highest BCUT2D eigenvalue weighted by molar-refractivity contribution is 5.74. The second-order valence-electron chi connectivity index (χ2n) is 3.99. The van der Waals surface area contributed by atoms with E-state index in [0.717, 1.165) is 17.5 Å². The largest absolute Gasteiger partial charge is 0.248 e. The van der Waals surface area contributed by atoms with Crippen LogP contribution in [-0.4, -0.2) is 15.0 Å².